The highest BCUT2D eigenvalue weighted by molar-refractivity contribution is 6.11. The van der Waals surface area contributed by atoms with Crippen LogP contribution >= 0.6 is 0 Å². The molecule has 0 amide bonds. The number of aryl methyl sites for hydroxylation is 8. The summed E-state index contributed by atoms with van der Waals surface area (Å²) in [6, 6.07) is 65.2. The zero-order valence-electron chi connectivity index (χ0n) is 47.8. The molecule has 0 saturated heterocycles. The Balaban J connectivity index is 0.000000117. The van der Waals surface area contributed by atoms with Crippen molar-refractivity contribution in [3.63, 3.8) is 0 Å². The van der Waals surface area contributed by atoms with Crippen LogP contribution in [-0.2, 0) is 21.1 Å². The van der Waals surface area contributed by atoms with Crippen molar-refractivity contribution in [1.29, 1.82) is 0 Å². The van der Waals surface area contributed by atoms with Crippen LogP contribution in [0.4, 0.5) is 0 Å². The number of rotatable bonds is 6. The molecule has 0 N–H and O–H groups in total. The van der Waals surface area contributed by atoms with E-state index in [0.29, 0.717) is 17.1 Å². The maximum atomic E-state index is 6.25. The van der Waals surface area contributed by atoms with Gasteiger partial charge >= 0.3 is 0 Å². The topological polar surface area (TPSA) is 89.7 Å². The van der Waals surface area contributed by atoms with Crippen LogP contribution in [0, 0.1) is 34.6 Å². The van der Waals surface area contributed by atoms with E-state index in [4.69, 9.17) is 13.3 Å². The second-order valence-electron chi connectivity index (χ2n) is 21.5. The van der Waals surface area contributed by atoms with Gasteiger partial charge in [-0.3, -0.25) is 0 Å². The van der Waals surface area contributed by atoms with Crippen molar-refractivity contribution in [2.45, 2.75) is 34.6 Å². The Hall–Kier alpha value is -10.4. The fourth-order valence-corrected chi connectivity index (χ4v) is 11.9. The Kier molecular flexibility index (Phi) is 13.5. The average Bonchev–Trinajstić information content (AvgIpc) is 4.43. The second kappa shape index (κ2) is 21.6. The van der Waals surface area contributed by atoms with Gasteiger partial charge in [-0.05, 0) is 128 Å². The summed E-state index contributed by atoms with van der Waals surface area (Å²) in [5.74, 6) is 0. The Morgan fingerprint density at radius 2 is 0.723 bits per heavy atom. The van der Waals surface area contributed by atoms with Crippen LogP contribution in [0.3, 0.4) is 0 Å². The van der Waals surface area contributed by atoms with Crippen LogP contribution in [0.25, 0.3) is 133 Å². The molecule has 0 atom stereocenters. The SMILES string of the molecule is Cc1cc(-c2c(C)ccc3c2oc2ncccc23)[n+](C)cc1-c1ccccc1.Cc1cc(C)c2c(oc3ncccc32)c1-c1ccc(-c2ccccc2)c[n+]1C.Cc1ccc2c(oc3ncccc32)c1-c1ccc(-c2ccccc2)c[n+]1C. The molecule has 0 fully saturated rings. The highest BCUT2D eigenvalue weighted by Crippen LogP contribution is 2.41. The van der Waals surface area contributed by atoms with Crippen molar-refractivity contribution in [2.24, 2.45) is 21.1 Å². The van der Waals surface area contributed by atoms with Crippen LogP contribution in [0.1, 0.15) is 27.8 Å². The van der Waals surface area contributed by atoms with Gasteiger partial charge in [0.2, 0.25) is 34.2 Å². The zero-order chi connectivity index (χ0) is 56.9. The number of nitrogens with zero attached hydrogens (tertiary/aromatic N) is 6. The van der Waals surface area contributed by atoms with E-state index in [9.17, 15) is 0 Å². The van der Waals surface area contributed by atoms with Crippen molar-refractivity contribution < 1.29 is 27.0 Å². The molecule has 83 heavy (non-hydrogen) atoms. The highest BCUT2D eigenvalue weighted by atomic mass is 16.3. The molecule has 0 aliphatic heterocycles. The van der Waals surface area contributed by atoms with Gasteiger partial charge in [0.15, 0.2) is 35.3 Å². The molecule has 0 radical (unpaired) electrons. The molecule has 0 spiro atoms. The van der Waals surface area contributed by atoms with Crippen molar-refractivity contribution in [3.05, 3.63) is 253 Å². The minimum absolute atomic E-state index is 0.683. The Morgan fingerprint density at radius 1 is 0.301 bits per heavy atom. The van der Waals surface area contributed by atoms with E-state index in [1.807, 2.05) is 36.4 Å². The third-order valence-electron chi connectivity index (χ3n) is 16.0. The lowest BCUT2D eigenvalue weighted by molar-refractivity contribution is -0.660. The summed E-state index contributed by atoms with van der Waals surface area (Å²) in [6.45, 7) is 10.7. The van der Waals surface area contributed by atoms with Gasteiger partial charge in [-0.25, -0.2) is 28.7 Å². The predicted octanol–water partition coefficient (Wildman–Crippen LogP) is 17.0. The maximum absolute atomic E-state index is 6.25. The number of fused-ring (bicyclic) bond motifs is 9. The smallest absolute Gasteiger partial charge is 0.227 e. The lowest BCUT2D eigenvalue weighted by Gasteiger charge is -2.10. The van der Waals surface area contributed by atoms with Gasteiger partial charge in [0, 0.05) is 85.8 Å². The number of furan rings is 3. The summed E-state index contributed by atoms with van der Waals surface area (Å²) in [5.41, 5.74) is 24.8. The van der Waals surface area contributed by atoms with Crippen LogP contribution < -0.4 is 13.7 Å². The fraction of sp³-hybridized carbons (Fsp3) is 0.108. The highest BCUT2D eigenvalue weighted by Gasteiger charge is 2.26. The quantitative estimate of drug-likeness (QED) is 0.154. The largest absolute Gasteiger partial charge is 0.437 e. The molecule has 402 valence electrons. The third kappa shape index (κ3) is 9.55. The van der Waals surface area contributed by atoms with Crippen molar-refractivity contribution >= 4 is 66.2 Å². The molecule has 9 heterocycles. The molecule has 9 heteroatoms. The van der Waals surface area contributed by atoms with E-state index in [1.54, 1.807) is 18.6 Å². The lowest BCUT2D eigenvalue weighted by Crippen LogP contribution is -2.31. The number of hydrogen-bond acceptors (Lipinski definition) is 6. The Morgan fingerprint density at radius 3 is 1.22 bits per heavy atom. The molecule has 9 aromatic heterocycles. The monoisotopic (exact) mass is 1080 g/mol. The molecule has 0 saturated carbocycles. The summed E-state index contributed by atoms with van der Waals surface area (Å²) >= 11 is 0. The summed E-state index contributed by atoms with van der Waals surface area (Å²) < 4.78 is 25.2. The first-order valence-corrected chi connectivity index (χ1v) is 28.0. The van der Waals surface area contributed by atoms with Crippen LogP contribution in [0.15, 0.2) is 238 Å². The van der Waals surface area contributed by atoms with Gasteiger partial charge in [0.25, 0.3) is 0 Å². The maximum Gasteiger partial charge on any atom is 0.227 e. The molecule has 0 bridgehead atoms. The molecule has 15 aromatic rings. The van der Waals surface area contributed by atoms with Crippen LogP contribution in [-0.4, -0.2) is 15.0 Å². The van der Waals surface area contributed by atoms with Gasteiger partial charge in [0.1, 0.15) is 21.1 Å². The van der Waals surface area contributed by atoms with E-state index in [1.165, 1.54) is 61.2 Å². The molecule has 9 nitrogen and oxygen atoms in total. The first-order chi connectivity index (χ1) is 40.5. The summed E-state index contributed by atoms with van der Waals surface area (Å²) in [6.07, 6.45) is 11.9. The Labute approximate surface area is 481 Å². The van der Waals surface area contributed by atoms with Crippen molar-refractivity contribution in [3.8, 4) is 67.2 Å². The van der Waals surface area contributed by atoms with Crippen LogP contribution in [0.2, 0.25) is 0 Å². The first-order valence-electron chi connectivity index (χ1n) is 28.0. The summed E-state index contributed by atoms with van der Waals surface area (Å²) in [4.78, 5) is 13.2. The number of hydrogen-bond donors (Lipinski definition) is 0. The average molecular weight is 1080 g/mol. The zero-order valence-corrected chi connectivity index (χ0v) is 47.8. The summed E-state index contributed by atoms with van der Waals surface area (Å²) in [7, 11) is 6.27. The molecule has 0 aliphatic carbocycles. The molecule has 0 aliphatic rings. The van der Waals surface area contributed by atoms with E-state index >= 15 is 0 Å². The second-order valence-corrected chi connectivity index (χ2v) is 21.5. The third-order valence-corrected chi connectivity index (χ3v) is 16.0. The van der Waals surface area contributed by atoms with Gasteiger partial charge in [-0.15, -0.1) is 0 Å². The number of aromatic nitrogens is 6. The Bertz CT molecular complexity index is 4950. The van der Waals surface area contributed by atoms with Crippen LogP contribution in [0.5, 0.6) is 0 Å². The minimum Gasteiger partial charge on any atom is -0.437 e. The minimum atomic E-state index is 0.683. The van der Waals surface area contributed by atoms with E-state index < -0.39 is 0 Å². The molecular weight excluding hydrogens is 1020 g/mol. The molecule has 0 unspecified atom stereocenters. The van der Waals surface area contributed by atoms with Gasteiger partial charge in [0.05, 0.1) is 16.7 Å². The van der Waals surface area contributed by atoms with E-state index in [-0.39, 0.29) is 0 Å². The predicted molar refractivity (Wildman–Crippen MR) is 334 cm³/mol. The van der Waals surface area contributed by atoms with E-state index in [2.05, 4.69) is 255 Å². The van der Waals surface area contributed by atoms with Gasteiger partial charge in [-0.2, -0.15) is 0 Å². The first kappa shape index (κ1) is 52.0. The normalized spacial score (nSPS) is 11.4. The number of benzene rings is 6. The summed E-state index contributed by atoms with van der Waals surface area (Å²) in [5, 5.41) is 6.53. The molecule has 15 rings (SSSR count). The standard InChI is InChI=1S/2C25H21N2O.C24H19N2O/c1-16-14-17(2)23(24-22(16)20-10-7-13-26-25(20)28-24)21-12-11-19(15-27(21)3)18-8-5-4-6-9-18;1-16-11-12-19-20-10-7-13-26-25(20)28-24(19)23(16)22-14-17(2)21(15-27(22)3)18-8-5-4-6-9-18;1-16-10-12-19-20-9-6-14-25-24(20)27-23(19)22(16)21-13-11-18(15-26(21)2)17-7-4-3-5-8-17/h2*4-15H,1-3H3;3-15H,1-2H3/q3*+1. The lowest BCUT2D eigenvalue weighted by atomic mass is 9.96. The fourth-order valence-electron chi connectivity index (χ4n) is 11.9. The van der Waals surface area contributed by atoms with Crippen molar-refractivity contribution in [1.82, 2.24) is 15.0 Å². The molecular formula is C74H61N6O3+3. The number of pyridine rings is 6. The van der Waals surface area contributed by atoms with Gasteiger partial charge < -0.3 is 13.3 Å². The van der Waals surface area contributed by atoms with E-state index in [0.717, 1.165) is 82.8 Å². The van der Waals surface area contributed by atoms with Crippen molar-refractivity contribution in [2.75, 3.05) is 0 Å². The molecule has 6 aromatic carbocycles. The van der Waals surface area contributed by atoms with Gasteiger partial charge in [-0.1, -0.05) is 121 Å².